The number of hydrogen-bond donors (Lipinski definition) is 0. The maximum atomic E-state index is 5.44. The fourth-order valence-electron chi connectivity index (χ4n) is 5.66. The Hall–Kier alpha value is -3.07. The number of hydrogen-bond acceptors (Lipinski definition) is 3. The van der Waals surface area contributed by atoms with Crippen molar-refractivity contribution in [3.05, 3.63) is 94.0 Å². The minimum Gasteiger partial charge on any atom is -0.304 e. The van der Waals surface area contributed by atoms with Gasteiger partial charge in [-0.25, -0.2) is 5.01 Å². The van der Waals surface area contributed by atoms with Crippen LogP contribution in [0.4, 0.5) is 11.4 Å². The van der Waals surface area contributed by atoms with E-state index in [4.69, 9.17) is 5.10 Å². The molecule has 0 spiro atoms. The first-order valence-corrected chi connectivity index (χ1v) is 14.8. The van der Waals surface area contributed by atoms with E-state index in [1.54, 1.807) is 0 Å². The molecular formula is C36H49N3. The van der Waals surface area contributed by atoms with Crippen molar-refractivity contribution in [1.29, 1.82) is 0 Å². The first kappa shape index (κ1) is 28.9. The Kier molecular flexibility index (Phi) is 8.30. The summed E-state index contributed by atoms with van der Waals surface area (Å²) in [5.41, 5.74) is 10.7. The summed E-state index contributed by atoms with van der Waals surface area (Å²) in [4.78, 5) is 2.48. The molecule has 0 saturated carbocycles. The van der Waals surface area contributed by atoms with Crippen LogP contribution in [0.2, 0.25) is 0 Å². The molecule has 0 amide bonds. The summed E-state index contributed by atoms with van der Waals surface area (Å²) in [7, 11) is 0. The zero-order chi connectivity index (χ0) is 28.6. The van der Waals surface area contributed by atoms with E-state index < -0.39 is 0 Å². The Morgan fingerprint density at radius 1 is 0.590 bits per heavy atom. The molecule has 0 atom stereocenters. The van der Waals surface area contributed by atoms with Gasteiger partial charge < -0.3 is 4.90 Å². The van der Waals surface area contributed by atoms with E-state index in [1.807, 2.05) is 0 Å². The molecule has 39 heavy (non-hydrogen) atoms. The van der Waals surface area contributed by atoms with E-state index in [0.29, 0.717) is 30.3 Å². The summed E-state index contributed by atoms with van der Waals surface area (Å²) in [5.74, 6) is 2.66. The monoisotopic (exact) mass is 523 g/mol. The fourth-order valence-corrected chi connectivity index (χ4v) is 5.66. The van der Waals surface area contributed by atoms with Crippen LogP contribution in [0.25, 0.3) is 0 Å². The SMILES string of the molecule is CC(C)c1cccc(C(C)C)c1N1CN(c2c(C(C)C)cccc2C(C)C)C(c2ccc(C(C)(C)C)cc2)=N1. The standard InChI is InChI=1S/C36H49N3/c1-23(2)29-14-12-15-30(24(3)4)33(29)38-22-39(34-31(25(5)6)16-13-17-32(34)26(7)8)37-35(38)27-18-20-28(21-19-27)36(9,10)11/h12-21,23-26H,22H2,1-11H3. The molecule has 4 rings (SSSR count). The van der Waals surface area contributed by atoms with Crippen molar-refractivity contribution in [2.75, 3.05) is 16.6 Å². The van der Waals surface area contributed by atoms with Crippen LogP contribution in [0.5, 0.6) is 0 Å². The van der Waals surface area contributed by atoms with Crippen molar-refractivity contribution in [3.63, 3.8) is 0 Å². The minimum absolute atomic E-state index is 0.110. The lowest BCUT2D eigenvalue weighted by molar-refractivity contribution is 0.590. The molecule has 0 radical (unpaired) electrons. The molecule has 0 bridgehead atoms. The number of rotatable bonds is 7. The van der Waals surface area contributed by atoms with Crippen LogP contribution in [-0.4, -0.2) is 12.5 Å². The third-order valence-corrected chi connectivity index (χ3v) is 7.97. The number of hydrazone groups is 1. The molecule has 0 aliphatic carbocycles. The van der Waals surface area contributed by atoms with Crippen LogP contribution >= 0.6 is 0 Å². The van der Waals surface area contributed by atoms with Gasteiger partial charge in [0.25, 0.3) is 0 Å². The third-order valence-electron chi connectivity index (χ3n) is 7.97. The molecule has 3 aromatic carbocycles. The number of nitrogens with zero attached hydrogens (tertiary/aromatic N) is 3. The van der Waals surface area contributed by atoms with Crippen LogP contribution in [0.1, 0.15) is 133 Å². The van der Waals surface area contributed by atoms with E-state index in [-0.39, 0.29) is 5.41 Å². The van der Waals surface area contributed by atoms with Crippen LogP contribution in [0.3, 0.4) is 0 Å². The number of amidine groups is 1. The Morgan fingerprint density at radius 2 is 1.00 bits per heavy atom. The second-order valence-corrected chi connectivity index (χ2v) is 13.4. The van der Waals surface area contributed by atoms with Crippen molar-refractivity contribution < 1.29 is 0 Å². The molecule has 3 nitrogen and oxygen atoms in total. The van der Waals surface area contributed by atoms with Crippen molar-refractivity contribution in [2.45, 2.75) is 105 Å². The molecule has 208 valence electrons. The molecule has 1 aliphatic heterocycles. The van der Waals surface area contributed by atoms with Gasteiger partial charge in [-0.05, 0) is 56.9 Å². The molecular weight excluding hydrogens is 474 g/mol. The Bertz CT molecular complexity index is 1270. The topological polar surface area (TPSA) is 18.8 Å². The van der Waals surface area contributed by atoms with Crippen molar-refractivity contribution in [1.82, 2.24) is 0 Å². The highest BCUT2D eigenvalue weighted by Crippen LogP contribution is 2.42. The molecule has 0 N–H and O–H groups in total. The molecule has 3 aromatic rings. The highest BCUT2D eigenvalue weighted by atomic mass is 15.6. The lowest BCUT2D eigenvalue weighted by Crippen LogP contribution is -2.34. The largest absolute Gasteiger partial charge is 0.304 e. The zero-order valence-electron chi connectivity index (χ0n) is 26.1. The maximum absolute atomic E-state index is 5.44. The fraction of sp³-hybridized carbons (Fsp3) is 0.472. The summed E-state index contributed by atoms with van der Waals surface area (Å²) < 4.78 is 0. The van der Waals surface area contributed by atoms with Gasteiger partial charge in [-0.3, -0.25) is 0 Å². The minimum atomic E-state index is 0.110. The highest BCUT2D eigenvalue weighted by molar-refractivity contribution is 6.13. The Balaban J connectivity index is 1.96. The zero-order valence-corrected chi connectivity index (χ0v) is 26.1. The number of benzene rings is 3. The average Bonchev–Trinajstić information content (AvgIpc) is 3.32. The summed E-state index contributed by atoms with van der Waals surface area (Å²) >= 11 is 0. The molecule has 1 heterocycles. The number of para-hydroxylation sites is 2. The molecule has 0 fully saturated rings. The average molecular weight is 524 g/mol. The van der Waals surface area contributed by atoms with Crippen molar-refractivity contribution in [3.8, 4) is 0 Å². The van der Waals surface area contributed by atoms with Crippen molar-refractivity contribution in [2.24, 2.45) is 5.10 Å². The van der Waals surface area contributed by atoms with Gasteiger partial charge in [-0.15, -0.1) is 0 Å². The van der Waals surface area contributed by atoms with E-state index in [1.165, 1.54) is 39.2 Å². The highest BCUT2D eigenvalue weighted by Gasteiger charge is 2.33. The van der Waals surface area contributed by atoms with Gasteiger partial charge in [0.1, 0.15) is 6.67 Å². The Labute approximate surface area is 237 Å². The molecule has 1 aliphatic rings. The third kappa shape index (κ3) is 5.78. The van der Waals surface area contributed by atoms with E-state index in [0.717, 1.165) is 11.4 Å². The van der Waals surface area contributed by atoms with E-state index >= 15 is 0 Å². The summed E-state index contributed by atoms with van der Waals surface area (Å²) in [6.45, 7) is 25.9. The predicted molar refractivity (Wildman–Crippen MR) is 171 cm³/mol. The second kappa shape index (κ2) is 11.2. The van der Waals surface area contributed by atoms with Gasteiger partial charge in [-0.2, -0.15) is 5.10 Å². The van der Waals surface area contributed by atoms with Gasteiger partial charge in [0, 0.05) is 5.56 Å². The maximum Gasteiger partial charge on any atom is 0.162 e. The molecule has 3 heteroatoms. The van der Waals surface area contributed by atoms with E-state index in [2.05, 4.69) is 147 Å². The van der Waals surface area contributed by atoms with Gasteiger partial charge in [0.05, 0.1) is 11.4 Å². The second-order valence-electron chi connectivity index (χ2n) is 13.4. The molecule has 0 aromatic heterocycles. The van der Waals surface area contributed by atoms with E-state index in [9.17, 15) is 0 Å². The summed E-state index contributed by atoms with van der Waals surface area (Å²) in [6.07, 6.45) is 0. The van der Waals surface area contributed by atoms with Crippen LogP contribution in [0.15, 0.2) is 65.8 Å². The van der Waals surface area contributed by atoms with Crippen molar-refractivity contribution >= 4 is 17.2 Å². The quantitative estimate of drug-likeness (QED) is 0.307. The summed E-state index contributed by atoms with van der Waals surface area (Å²) in [6, 6.07) is 22.7. The van der Waals surface area contributed by atoms with Gasteiger partial charge >= 0.3 is 0 Å². The van der Waals surface area contributed by atoms with Crippen LogP contribution in [0, 0.1) is 0 Å². The van der Waals surface area contributed by atoms with Gasteiger partial charge in [0.2, 0.25) is 0 Å². The predicted octanol–water partition coefficient (Wildman–Crippen LogP) is 10.1. The molecule has 0 unspecified atom stereocenters. The first-order valence-electron chi connectivity index (χ1n) is 14.8. The molecule has 0 saturated heterocycles. The first-order chi connectivity index (χ1) is 18.3. The van der Waals surface area contributed by atoms with Gasteiger partial charge in [0.15, 0.2) is 5.84 Å². The lowest BCUT2D eigenvalue weighted by atomic mass is 9.86. The Morgan fingerprint density at radius 3 is 1.38 bits per heavy atom. The smallest absolute Gasteiger partial charge is 0.162 e. The summed E-state index contributed by atoms with van der Waals surface area (Å²) in [5, 5.41) is 7.72. The lowest BCUT2D eigenvalue weighted by Gasteiger charge is -2.31. The van der Waals surface area contributed by atoms with Crippen LogP contribution in [-0.2, 0) is 5.41 Å². The normalized spacial score (nSPS) is 14.4. The van der Waals surface area contributed by atoms with Gasteiger partial charge in [-0.1, -0.05) is 137 Å². The van der Waals surface area contributed by atoms with Crippen LogP contribution < -0.4 is 9.91 Å². The number of anilines is 2.